The van der Waals surface area contributed by atoms with Crippen molar-refractivity contribution >= 4 is 0 Å². The Bertz CT molecular complexity index is 622. The number of hydrogen-bond donors (Lipinski definition) is 0. The van der Waals surface area contributed by atoms with Crippen LogP contribution in [-0.2, 0) is 4.74 Å². The predicted molar refractivity (Wildman–Crippen MR) is 92.0 cm³/mol. The number of nitrogens with zero attached hydrogens (tertiary/aromatic N) is 1. The fraction of sp³-hybridized carbons (Fsp3) is 0.619. The maximum Gasteiger partial charge on any atom is 0.144 e. The van der Waals surface area contributed by atoms with E-state index in [0.29, 0.717) is 11.8 Å². The summed E-state index contributed by atoms with van der Waals surface area (Å²) in [5.41, 5.74) is 4.98. The summed E-state index contributed by atoms with van der Waals surface area (Å²) >= 11 is 0. The molecular formula is C21H27NO. The van der Waals surface area contributed by atoms with E-state index in [-0.39, 0.29) is 5.72 Å². The van der Waals surface area contributed by atoms with E-state index in [4.69, 9.17) is 4.74 Å². The van der Waals surface area contributed by atoms with Crippen LogP contribution in [0.4, 0.5) is 0 Å². The van der Waals surface area contributed by atoms with Gasteiger partial charge in [-0.3, -0.25) is 0 Å². The molecule has 0 unspecified atom stereocenters. The quantitative estimate of drug-likeness (QED) is 0.736. The monoisotopic (exact) mass is 309 g/mol. The summed E-state index contributed by atoms with van der Waals surface area (Å²) in [7, 11) is 0. The average Bonchev–Trinajstić information content (AvgIpc) is 3.04. The molecule has 0 amide bonds. The van der Waals surface area contributed by atoms with Crippen LogP contribution in [0.1, 0.15) is 62.8 Å². The number of rotatable bonds is 1. The van der Waals surface area contributed by atoms with Crippen LogP contribution in [0.2, 0.25) is 0 Å². The molecule has 23 heavy (non-hydrogen) atoms. The van der Waals surface area contributed by atoms with E-state index in [1.54, 1.807) is 11.3 Å². The zero-order chi connectivity index (χ0) is 15.3. The maximum atomic E-state index is 6.54. The van der Waals surface area contributed by atoms with E-state index >= 15 is 0 Å². The molecule has 0 aromatic heterocycles. The molecule has 2 nitrogen and oxygen atoms in total. The van der Waals surface area contributed by atoms with Gasteiger partial charge in [0.25, 0.3) is 0 Å². The van der Waals surface area contributed by atoms with Crippen molar-refractivity contribution < 1.29 is 4.74 Å². The third kappa shape index (κ3) is 1.97. The summed E-state index contributed by atoms with van der Waals surface area (Å²) in [5.74, 6) is 1.25. The average molecular weight is 309 g/mol. The van der Waals surface area contributed by atoms with Crippen LogP contribution >= 0.6 is 0 Å². The molecule has 4 aliphatic rings. The number of ether oxygens (including phenoxy) is 1. The summed E-state index contributed by atoms with van der Waals surface area (Å²) in [6.07, 6.45) is 10.6. The first kappa shape index (κ1) is 14.1. The minimum Gasteiger partial charge on any atom is -0.353 e. The molecule has 1 aromatic carbocycles. The van der Waals surface area contributed by atoms with Crippen molar-refractivity contribution in [3.05, 3.63) is 47.2 Å². The predicted octanol–water partition coefficient (Wildman–Crippen LogP) is 4.83. The van der Waals surface area contributed by atoms with Crippen LogP contribution in [0.15, 0.2) is 41.6 Å². The lowest BCUT2D eigenvalue weighted by Gasteiger charge is -2.56. The van der Waals surface area contributed by atoms with Gasteiger partial charge >= 0.3 is 0 Å². The summed E-state index contributed by atoms with van der Waals surface area (Å²) in [6.45, 7) is 2.05. The number of allylic oxidation sites excluding steroid dienone is 2. The molecular weight excluding hydrogens is 282 g/mol. The van der Waals surface area contributed by atoms with Crippen molar-refractivity contribution in [2.24, 2.45) is 5.92 Å². The lowest BCUT2D eigenvalue weighted by molar-refractivity contribution is -0.150. The summed E-state index contributed by atoms with van der Waals surface area (Å²) in [4.78, 5) is 2.73. The SMILES string of the molecule is c1ccc([C@@H]2C3=C(CCCC3)N3CCO[C@@]34CCCC[C@@H]24)cc1. The first-order valence-corrected chi connectivity index (χ1v) is 9.59. The molecule has 2 heteroatoms. The van der Waals surface area contributed by atoms with Gasteiger partial charge in [-0.1, -0.05) is 36.8 Å². The van der Waals surface area contributed by atoms with Gasteiger partial charge in [-0.15, -0.1) is 0 Å². The van der Waals surface area contributed by atoms with Gasteiger partial charge in [0.15, 0.2) is 0 Å². The van der Waals surface area contributed by atoms with Crippen molar-refractivity contribution in [1.82, 2.24) is 4.90 Å². The number of hydrogen-bond acceptors (Lipinski definition) is 2. The van der Waals surface area contributed by atoms with Gasteiger partial charge in [-0.05, 0) is 56.1 Å². The largest absolute Gasteiger partial charge is 0.353 e. The van der Waals surface area contributed by atoms with Crippen molar-refractivity contribution in [3.63, 3.8) is 0 Å². The highest BCUT2D eigenvalue weighted by Gasteiger charge is 2.57. The van der Waals surface area contributed by atoms with Gasteiger partial charge in [0.05, 0.1) is 6.61 Å². The molecule has 5 rings (SSSR count). The molecule has 122 valence electrons. The van der Waals surface area contributed by atoms with Crippen LogP contribution < -0.4 is 0 Å². The van der Waals surface area contributed by atoms with Crippen molar-refractivity contribution in [3.8, 4) is 0 Å². The highest BCUT2D eigenvalue weighted by Crippen LogP contribution is 2.58. The van der Waals surface area contributed by atoms with Crippen LogP contribution in [0.25, 0.3) is 0 Å². The number of benzene rings is 1. The Balaban J connectivity index is 1.69. The van der Waals surface area contributed by atoms with Gasteiger partial charge < -0.3 is 9.64 Å². The molecule has 1 saturated heterocycles. The normalized spacial score (nSPS) is 36.4. The van der Waals surface area contributed by atoms with Crippen molar-refractivity contribution in [1.29, 1.82) is 0 Å². The van der Waals surface area contributed by atoms with Crippen LogP contribution in [0.3, 0.4) is 0 Å². The minimum atomic E-state index is 0.0227. The van der Waals surface area contributed by atoms with E-state index < -0.39 is 0 Å². The molecule has 2 heterocycles. The van der Waals surface area contributed by atoms with Crippen molar-refractivity contribution in [2.75, 3.05) is 13.2 Å². The molecule has 0 N–H and O–H groups in total. The molecule has 2 aliphatic carbocycles. The topological polar surface area (TPSA) is 12.5 Å². The Labute approximate surface area is 139 Å². The first-order valence-electron chi connectivity index (χ1n) is 9.59. The molecule has 1 aromatic rings. The molecule has 0 radical (unpaired) electrons. The Hall–Kier alpha value is -1.28. The highest BCUT2D eigenvalue weighted by molar-refractivity contribution is 5.39. The third-order valence-corrected chi connectivity index (χ3v) is 6.75. The highest BCUT2D eigenvalue weighted by atomic mass is 16.5. The van der Waals surface area contributed by atoms with Crippen LogP contribution in [0.5, 0.6) is 0 Å². The Morgan fingerprint density at radius 1 is 1.00 bits per heavy atom. The summed E-state index contributed by atoms with van der Waals surface area (Å²) in [5, 5.41) is 0. The summed E-state index contributed by atoms with van der Waals surface area (Å²) in [6, 6.07) is 11.3. The third-order valence-electron chi connectivity index (χ3n) is 6.75. The zero-order valence-electron chi connectivity index (χ0n) is 14.0. The second kappa shape index (κ2) is 5.37. The van der Waals surface area contributed by atoms with Gasteiger partial charge in [0, 0.05) is 24.1 Å². The number of fused-ring (bicyclic) bond motifs is 1. The second-order valence-corrected chi connectivity index (χ2v) is 7.76. The lowest BCUT2D eigenvalue weighted by Crippen LogP contribution is -2.57. The van der Waals surface area contributed by atoms with E-state index in [9.17, 15) is 0 Å². The minimum absolute atomic E-state index is 0.0227. The first-order chi connectivity index (χ1) is 11.4. The molecule has 1 spiro atoms. The van der Waals surface area contributed by atoms with Gasteiger partial charge in [-0.2, -0.15) is 0 Å². The van der Waals surface area contributed by atoms with E-state index in [0.717, 1.165) is 13.2 Å². The Kier molecular flexibility index (Phi) is 3.29. The standard InChI is InChI=1S/C21H27NO/c1-2-8-16(9-3-1)20-17-10-4-5-12-19(17)22-14-15-23-21(22)13-7-6-11-18(20)21/h1-3,8-9,18,20H,4-7,10-15H2/t18-,20+,21+/m0/s1. The maximum absolute atomic E-state index is 6.54. The fourth-order valence-electron chi connectivity index (χ4n) is 5.93. The zero-order valence-corrected chi connectivity index (χ0v) is 14.0. The second-order valence-electron chi connectivity index (χ2n) is 7.76. The van der Waals surface area contributed by atoms with Gasteiger partial charge in [0.2, 0.25) is 0 Å². The molecule has 1 saturated carbocycles. The van der Waals surface area contributed by atoms with E-state index in [1.165, 1.54) is 56.9 Å². The Morgan fingerprint density at radius 3 is 2.78 bits per heavy atom. The van der Waals surface area contributed by atoms with Gasteiger partial charge in [0.1, 0.15) is 5.72 Å². The van der Waals surface area contributed by atoms with E-state index in [2.05, 4.69) is 35.2 Å². The van der Waals surface area contributed by atoms with Crippen molar-refractivity contribution in [2.45, 2.75) is 63.0 Å². The molecule has 0 bridgehead atoms. The van der Waals surface area contributed by atoms with E-state index in [1.807, 2.05) is 0 Å². The molecule has 2 fully saturated rings. The van der Waals surface area contributed by atoms with Gasteiger partial charge in [-0.25, -0.2) is 0 Å². The molecule has 2 aliphatic heterocycles. The fourth-order valence-corrected chi connectivity index (χ4v) is 5.93. The molecule has 3 atom stereocenters. The van der Waals surface area contributed by atoms with Crippen LogP contribution in [-0.4, -0.2) is 23.8 Å². The van der Waals surface area contributed by atoms with Crippen LogP contribution in [0, 0.1) is 5.92 Å². The summed E-state index contributed by atoms with van der Waals surface area (Å²) < 4.78 is 6.54. The smallest absolute Gasteiger partial charge is 0.144 e. The lowest BCUT2D eigenvalue weighted by atomic mass is 9.63. The Morgan fingerprint density at radius 2 is 1.87 bits per heavy atom.